The Kier molecular flexibility index (Phi) is 5.95. The monoisotopic (exact) mass is 417 g/mol. The third kappa shape index (κ3) is 5.39. The lowest BCUT2D eigenvalue weighted by atomic mass is 10.1. The van der Waals surface area contributed by atoms with Crippen LogP contribution in [0.3, 0.4) is 0 Å². The smallest absolute Gasteiger partial charge is 0.414 e. The normalized spacial score (nSPS) is 16.4. The number of amides is 2. The highest BCUT2D eigenvalue weighted by Gasteiger charge is 2.33. The van der Waals surface area contributed by atoms with Gasteiger partial charge in [-0.15, -0.1) is 0 Å². The van der Waals surface area contributed by atoms with E-state index < -0.39 is 28.2 Å². The summed E-state index contributed by atoms with van der Waals surface area (Å²) in [5, 5.41) is 10.6. The Morgan fingerprint density at radius 3 is 2.45 bits per heavy atom. The molecule has 0 spiro atoms. The number of rotatable bonds is 6. The maximum absolute atomic E-state index is 12.1. The molecule has 1 unspecified atom stereocenters. The highest BCUT2D eigenvalue weighted by molar-refractivity contribution is 7.85. The standard InChI is InChI=1S/C19H19N3O6S/c1-29(25,26)27-12-16-11-22(19(24)28-16)15-9-7-13(8-10-15)17(20)21-18(23)14-5-3-2-4-6-14/h2-10,16H,11-12H2,1H3,(H2,20,21,23). The van der Waals surface area contributed by atoms with Crippen LogP contribution < -0.4 is 10.2 Å². The molecular weight excluding hydrogens is 398 g/mol. The summed E-state index contributed by atoms with van der Waals surface area (Å²) in [6.45, 7) is -0.120. The molecule has 1 saturated heterocycles. The molecule has 0 aromatic heterocycles. The van der Waals surface area contributed by atoms with E-state index in [2.05, 4.69) is 9.50 Å². The van der Waals surface area contributed by atoms with E-state index in [0.717, 1.165) is 6.26 Å². The van der Waals surface area contributed by atoms with Crippen molar-refractivity contribution < 1.29 is 26.9 Å². The van der Waals surface area contributed by atoms with Gasteiger partial charge in [0.2, 0.25) is 0 Å². The molecule has 2 amide bonds. The summed E-state index contributed by atoms with van der Waals surface area (Å²) in [6.07, 6.45) is -0.404. The number of cyclic esters (lactones) is 1. The third-order valence-corrected chi connectivity index (χ3v) is 4.65. The fraction of sp³-hybridized carbons (Fsp3) is 0.211. The minimum Gasteiger partial charge on any atom is -0.441 e. The molecule has 0 bridgehead atoms. The zero-order valence-electron chi connectivity index (χ0n) is 15.5. The van der Waals surface area contributed by atoms with Gasteiger partial charge in [0.25, 0.3) is 16.0 Å². The molecule has 1 aliphatic rings. The maximum atomic E-state index is 12.1. The van der Waals surface area contributed by atoms with E-state index in [1.807, 2.05) is 0 Å². The van der Waals surface area contributed by atoms with Crippen molar-refractivity contribution >= 4 is 33.6 Å². The minimum absolute atomic E-state index is 0.0752. The minimum atomic E-state index is -3.62. The van der Waals surface area contributed by atoms with Gasteiger partial charge in [0.15, 0.2) is 0 Å². The fourth-order valence-electron chi connectivity index (χ4n) is 2.67. The number of anilines is 1. The maximum Gasteiger partial charge on any atom is 0.414 e. The molecular formula is C19H19N3O6S. The molecule has 9 nitrogen and oxygen atoms in total. The van der Waals surface area contributed by atoms with Crippen molar-refractivity contribution in [3.8, 4) is 0 Å². The summed E-state index contributed by atoms with van der Waals surface area (Å²) in [7, 11) is -3.62. The molecule has 1 heterocycles. The molecule has 0 saturated carbocycles. The number of amidine groups is 1. The Balaban J connectivity index is 1.62. The molecule has 2 aromatic carbocycles. The van der Waals surface area contributed by atoms with Gasteiger partial charge in [0.1, 0.15) is 18.5 Å². The molecule has 0 aliphatic carbocycles. The van der Waals surface area contributed by atoms with Gasteiger partial charge in [-0.05, 0) is 36.4 Å². The third-order valence-electron chi connectivity index (χ3n) is 4.08. The van der Waals surface area contributed by atoms with E-state index in [9.17, 15) is 18.0 Å². The lowest BCUT2D eigenvalue weighted by Crippen LogP contribution is -2.30. The van der Waals surface area contributed by atoms with Gasteiger partial charge in [-0.3, -0.25) is 19.3 Å². The SMILES string of the molecule is CS(=O)(=O)OCC1CN(c2ccc(C(=N)NC(=O)c3ccccc3)cc2)C(=O)O1. The largest absolute Gasteiger partial charge is 0.441 e. The van der Waals surface area contributed by atoms with Crippen LogP contribution in [0.5, 0.6) is 0 Å². The number of nitrogens with zero attached hydrogens (tertiary/aromatic N) is 1. The lowest BCUT2D eigenvalue weighted by Gasteiger charge is -2.14. The Bertz CT molecular complexity index is 1020. The summed E-state index contributed by atoms with van der Waals surface area (Å²) in [4.78, 5) is 25.5. The van der Waals surface area contributed by atoms with E-state index in [-0.39, 0.29) is 19.0 Å². The Morgan fingerprint density at radius 1 is 1.17 bits per heavy atom. The lowest BCUT2D eigenvalue weighted by molar-refractivity contribution is 0.0976. The predicted octanol–water partition coefficient (Wildman–Crippen LogP) is 1.74. The van der Waals surface area contributed by atoms with E-state index in [4.69, 9.17) is 10.1 Å². The number of carbonyl (C=O) groups excluding carboxylic acids is 2. The van der Waals surface area contributed by atoms with Crippen LogP contribution >= 0.6 is 0 Å². The molecule has 3 rings (SSSR count). The summed E-state index contributed by atoms with van der Waals surface area (Å²) in [6, 6.07) is 15.0. The zero-order chi connectivity index (χ0) is 21.0. The number of hydrogen-bond acceptors (Lipinski definition) is 7. The van der Waals surface area contributed by atoms with Gasteiger partial charge in [0, 0.05) is 16.8 Å². The Morgan fingerprint density at radius 2 is 1.83 bits per heavy atom. The molecule has 10 heteroatoms. The van der Waals surface area contributed by atoms with Crippen LogP contribution in [0.1, 0.15) is 15.9 Å². The number of ether oxygens (including phenoxy) is 1. The van der Waals surface area contributed by atoms with Crippen molar-refractivity contribution in [2.24, 2.45) is 0 Å². The van der Waals surface area contributed by atoms with Gasteiger partial charge >= 0.3 is 6.09 Å². The first-order valence-electron chi connectivity index (χ1n) is 8.61. The number of carbonyl (C=O) groups is 2. The molecule has 1 aliphatic heterocycles. The van der Waals surface area contributed by atoms with Crippen molar-refractivity contribution in [2.75, 3.05) is 24.3 Å². The first kappa shape index (κ1) is 20.5. The number of benzene rings is 2. The summed E-state index contributed by atoms with van der Waals surface area (Å²) in [5.41, 5.74) is 1.42. The molecule has 2 aromatic rings. The molecule has 29 heavy (non-hydrogen) atoms. The van der Waals surface area contributed by atoms with E-state index in [1.54, 1.807) is 54.6 Å². The second kappa shape index (κ2) is 8.41. The van der Waals surface area contributed by atoms with Crippen molar-refractivity contribution in [3.63, 3.8) is 0 Å². The quantitative estimate of drug-likeness (QED) is 0.419. The molecule has 2 N–H and O–H groups in total. The van der Waals surface area contributed by atoms with Crippen LogP contribution in [0.15, 0.2) is 54.6 Å². The highest BCUT2D eigenvalue weighted by atomic mass is 32.2. The van der Waals surface area contributed by atoms with Crippen molar-refractivity contribution in [3.05, 3.63) is 65.7 Å². The van der Waals surface area contributed by atoms with Gasteiger partial charge in [-0.25, -0.2) is 4.79 Å². The predicted molar refractivity (Wildman–Crippen MR) is 106 cm³/mol. The zero-order valence-corrected chi connectivity index (χ0v) is 16.3. The first-order chi connectivity index (χ1) is 13.7. The van der Waals surface area contributed by atoms with Gasteiger partial charge in [-0.2, -0.15) is 8.42 Å². The topological polar surface area (TPSA) is 126 Å². The van der Waals surface area contributed by atoms with E-state index in [0.29, 0.717) is 16.8 Å². The molecule has 152 valence electrons. The van der Waals surface area contributed by atoms with Gasteiger partial charge in [0.05, 0.1) is 12.8 Å². The van der Waals surface area contributed by atoms with Crippen LogP contribution in [-0.4, -0.2) is 51.8 Å². The van der Waals surface area contributed by atoms with Crippen LogP contribution in [0, 0.1) is 5.41 Å². The summed E-state index contributed by atoms with van der Waals surface area (Å²) >= 11 is 0. The van der Waals surface area contributed by atoms with Crippen molar-refractivity contribution in [2.45, 2.75) is 6.10 Å². The Labute approximate surface area is 167 Å². The average Bonchev–Trinajstić information content (AvgIpc) is 3.07. The van der Waals surface area contributed by atoms with Crippen LogP contribution in [0.4, 0.5) is 10.5 Å². The number of hydrogen-bond donors (Lipinski definition) is 2. The van der Waals surface area contributed by atoms with Crippen molar-refractivity contribution in [1.29, 1.82) is 5.41 Å². The fourth-order valence-corrected chi connectivity index (χ4v) is 3.07. The summed E-state index contributed by atoms with van der Waals surface area (Å²) < 4.78 is 31.9. The van der Waals surface area contributed by atoms with Crippen LogP contribution in [0.2, 0.25) is 0 Å². The number of nitrogens with one attached hydrogen (secondary N) is 2. The average molecular weight is 417 g/mol. The molecule has 1 fully saturated rings. The highest BCUT2D eigenvalue weighted by Crippen LogP contribution is 2.22. The second-order valence-corrected chi connectivity index (χ2v) is 7.99. The molecule has 0 radical (unpaired) electrons. The Hall–Kier alpha value is -3.24. The van der Waals surface area contributed by atoms with Gasteiger partial charge in [-0.1, -0.05) is 18.2 Å². The van der Waals surface area contributed by atoms with Crippen molar-refractivity contribution in [1.82, 2.24) is 5.32 Å². The molecule has 1 atom stereocenters. The van der Waals surface area contributed by atoms with E-state index in [1.165, 1.54) is 4.90 Å². The van der Waals surface area contributed by atoms with Crippen LogP contribution in [-0.2, 0) is 19.0 Å². The van der Waals surface area contributed by atoms with Gasteiger partial charge < -0.3 is 10.1 Å². The second-order valence-electron chi connectivity index (χ2n) is 6.35. The first-order valence-corrected chi connectivity index (χ1v) is 10.4. The van der Waals surface area contributed by atoms with E-state index >= 15 is 0 Å². The summed E-state index contributed by atoms with van der Waals surface area (Å²) in [5.74, 6) is -0.467. The van der Waals surface area contributed by atoms with Crippen LogP contribution in [0.25, 0.3) is 0 Å².